The fourth-order valence-electron chi connectivity index (χ4n) is 1.37. The molecular weight excluding hydrogens is 212 g/mol. The van der Waals surface area contributed by atoms with Gasteiger partial charge in [0, 0.05) is 0 Å². The number of piperazine rings is 1. The highest BCUT2D eigenvalue weighted by Gasteiger charge is 2.24. The zero-order chi connectivity index (χ0) is 12.0. The molecule has 0 aliphatic carbocycles. The lowest BCUT2D eigenvalue weighted by Gasteiger charge is -2.23. The third-order valence-electron chi connectivity index (χ3n) is 2.13. The van der Waals surface area contributed by atoms with Gasteiger partial charge in [0.25, 0.3) is 0 Å². The second-order valence-corrected chi connectivity index (χ2v) is 3.69. The van der Waals surface area contributed by atoms with Crippen LogP contribution >= 0.6 is 0 Å². The first kappa shape index (κ1) is 12.6. The van der Waals surface area contributed by atoms with Gasteiger partial charge in [0.15, 0.2) is 0 Å². The highest BCUT2D eigenvalue weighted by molar-refractivity contribution is 5.99. The Morgan fingerprint density at radius 1 is 1.38 bits per heavy atom. The fourth-order valence-corrected chi connectivity index (χ4v) is 1.37. The van der Waals surface area contributed by atoms with E-state index in [0.717, 1.165) is 12.8 Å². The Morgan fingerprint density at radius 2 is 2.00 bits per heavy atom. The van der Waals surface area contributed by atoms with Crippen LogP contribution in [0.1, 0.15) is 19.8 Å². The van der Waals surface area contributed by atoms with Crippen molar-refractivity contribution >= 4 is 17.8 Å². The lowest BCUT2D eigenvalue weighted by atomic mass is 10.3. The van der Waals surface area contributed by atoms with E-state index in [1.165, 1.54) is 4.90 Å². The summed E-state index contributed by atoms with van der Waals surface area (Å²) < 4.78 is 4.93. The molecule has 0 atom stereocenters. The monoisotopic (exact) mass is 228 g/mol. The molecule has 0 aromatic carbocycles. The second kappa shape index (κ2) is 6.22. The van der Waals surface area contributed by atoms with Crippen molar-refractivity contribution in [2.24, 2.45) is 0 Å². The number of carbonyl (C=O) groups is 3. The van der Waals surface area contributed by atoms with Gasteiger partial charge in [-0.15, -0.1) is 0 Å². The first-order valence-corrected chi connectivity index (χ1v) is 5.32. The third-order valence-corrected chi connectivity index (χ3v) is 2.13. The number of hydrogen-bond acceptors (Lipinski definition) is 5. The van der Waals surface area contributed by atoms with Crippen LogP contribution in [-0.4, -0.2) is 48.9 Å². The molecule has 1 saturated heterocycles. The standard InChI is InChI=1S/C10H16N2O4/c1-2-3-4-16-10(15)7-12-5-8(13)11-9(14)6-12/h2-7H2,1H3,(H,11,13,14). The lowest BCUT2D eigenvalue weighted by Crippen LogP contribution is -2.52. The first-order valence-electron chi connectivity index (χ1n) is 5.32. The van der Waals surface area contributed by atoms with Crippen molar-refractivity contribution in [1.29, 1.82) is 0 Å². The number of hydrogen-bond donors (Lipinski definition) is 1. The molecule has 6 nitrogen and oxygen atoms in total. The maximum atomic E-state index is 11.3. The van der Waals surface area contributed by atoms with Gasteiger partial charge in [0.05, 0.1) is 26.2 Å². The number of esters is 1. The highest BCUT2D eigenvalue weighted by atomic mass is 16.5. The molecule has 16 heavy (non-hydrogen) atoms. The van der Waals surface area contributed by atoms with Gasteiger partial charge in [-0.25, -0.2) is 0 Å². The summed E-state index contributed by atoms with van der Waals surface area (Å²) in [5.41, 5.74) is 0. The van der Waals surface area contributed by atoms with Crippen LogP contribution in [0.5, 0.6) is 0 Å². The predicted molar refractivity (Wildman–Crippen MR) is 55.5 cm³/mol. The van der Waals surface area contributed by atoms with Crippen LogP contribution in [0, 0.1) is 0 Å². The number of ether oxygens (including phenoxy) is 1. The second-order valence-electron chi connectivity index (χ2n) is 3.69. The van der Waals surface area contributed by atoms with E-state index >= 15 is 0 Å². The van der Waals surface area contributed by atoms with Gasteiger partial charge < -0.3 is 4.74 Å². The van der Waals surface area contributed by atoms with E-state index in [1.807, 2.05) is 6.92 Å². The molecule has 90 valence electrons. The Bertz CT molecular complexity index is 275. The van der Waals surface area contributed by atoms with E-state index in [-0.39, 0.29) is 31.4 Å². The van der Waals surface area contributed by atoms with Crippen molar-refractivity contribution in [2.75, 3.05) is 26.2 Å². The summed E-state index contributed by atoms with van der Waals surface area (Å²) in [6.07, 6.45) is 1.78. The van der Waals surface area contributed by atoms with E-state index in [4.69, 9.17) is 4.74 Å². The van der Waals surface area contributed by atoms with Crippen LogP contribution in [0.2, 0.25) is 0 Å². The summed E-state index contributed by atoms with van der Waals surface area (Å²) >= 11 is 0. The highest BCUT2D eigenvalue weighted by Crippen LogP contribution is 1.96. The van der Waals surface area contributed by atoms with Crippen molar-refractivity contribution in [3.63, 3.8) is 0 Å². The van der Waals surface area contributed by atoms with Gasteiger partial charge in [-0.2, -0.15) is 0 Å². The van der Waals surface area contributed by atoms with E-state index in [2.05, 4.69) is 5.32 Å². The molecule has 0 spiro atoms. The molecule has 0 aromatic rings. The largest absolute Gasteiger partial charge is 0.465 e. The molecule has 0 aromatic heterocycles. The Kier molecular flexibility index (Phi) is 4.91. The summed E-state index contributed by atoms with van der Waals surface area (Å²) in [6.45, 7) is 2.51. The van der Waals surface area contributed by atoms with Gasteiger partial charge in [-0.05, 0) is 6.42 Å². The van der Waals surface area contributed by atoms with E-state index in [1.54, 1.807) is 0 Å². The number of nitrogens with one attached hydrogen (secondary N) is 1. The summed E-state index contributed by atoms with van der Waals surface area (Å²) in [7, 11) is 0. The number of imide groups is 1. The molecule has 1 aliphatic rings. The maximum absolute atomic E-state index is 11.3. The predicted octanol–water partition coefficient (Wildman–Crippen LogP) is -0.712. The summed E-state index contributed by atoms with van der Waals surface area (Å²) in [5, 5.41) is 2.16. The first-order chi connectivity index (χ1) is 7.61. The summed E-state index contributed by atoms with van der Waals surface area (Å²) in [6, 6.07) is 0. The van der Waals surface area contributed by atoms with Crippen molar-refractivity contribution in [2.45, 2.75) is 19.8 Å². The van der Waals surface area contributed by atoms with Crippen LogP contribution in [-0.2, 0) is 19.1 Å². The van der Waals surface area contributed by atoms with Crippen LogP contribution in [0.4, 0.5) is 0 Å². The number of amides is 2. The molecule has 1 fully saturated rings. The lowest BCUT2D eigenvalue weighted by molar-refractivity contribution is -0.146. The molecule has 6 heteroatoms. The number of rotatable bonds is 5. The Balaban J connectivity index is 2.27. The minimum Gasteiger partial charge on any atom is -0.465 e. The van der Waals surface area contributed by atoms with Gasteiger partial charge in [-0.3, -0.25) is 24.6 Å². The SMILES string of the molecule is CCCCOC(=O)CN1CC(=O)NC(=O)C1. The number of unbranched alkanes of at least 4 members (excludes halogenated alkanes) is 1. The Hall–Kier alpha value is -1.43. The van der Waals surface area contributed by atoms with Crippen molar-refractivity contribution in [3.8, 4) is 0 Å². The number of nitrogens with zero attached hydrogens (tertiary/aromatic N) is 1. The zero-order valence-electron chi connectivity index (χ0n) is 9.32. The normalized spacial score (nSPS) is 17.1. The van der Waals surface area contributed by atoms with E-state index in [0.29, 0.717) is 6.61 Å². The molecule has 0 saturated carbocycles. The topological polar surface area (TPSA) is 75.7 Å². The van der Waals surface area contributed by atoms with E-state index < -0.39 is 5.97 Å². The average molecular weight is 228 g/mol. The minimum absolute atomic E-state index is 0.0110. The molecule has 1 rings (SSSR count). The quantitative estimate of drug-likeness (QED) is 0.382. The fraction of sp³-hybridized carbons (Fsp3) is 0.700. The van der Waals surface area contributed by atoms with Gasteiger partial charge in [0.2, 0.25) is 11.8 Å². The molecule has 1 N–H and O–H groups in total. The minimum atomic E-state index is -0.393. The average Bonchev–Trinajstić information content (AvgIpc) is 2.16. The molecule has 2 amide bonds. The van der Waals surface area contributed by atoms with Crippen LogP contribution in [0.15, 0.2) is 0 Å². The molecule has 1 aliphatic heterocycles. The molecule has 0 bridgehead atoms. The van der Waals surface area contributed by atoms with Gasteiger partial charge >= 0.3 is 5.97 Å². The summed E-state index contributed by atoms with van der Waals surface area (Å²) in [5.74, 6) is -1.15. The number of carbonyl (C=O) groups excluding carboxylic acids is 3. The Morgan fingerprint density at radius 3 is 2.56 bits per heavy atom. The molecule has 0 radical (unpaired) electrons. The Labute approximate surface area is 93.9 Å². The van der Waals surface area contributed by atoms with Crippen molar-refractivity contribution in [3.05, 3.63) is 0 Å². The van der Waals surface area contributed by atoms with Crippen LogP contribution in [0.25, 0.3) is 0 Å². The smallest absolute Gasteiger partial charge is 0.320 e. The van der Waals surface area contributed by atoms with Crippen molar-refractivity contribution in [1.82, 2.24) is 10.2 Å². The van der Waals surface area contributed by atoms with Gasteiger partial charge in [-0.1, -0.05) is 13.3 Å². The summed E-state index contributed by atoms with van der Waals surface area (Å²) in [4.78, 5) is 34.8. The zero-order valence-corrected chi connectivity index (χ0v) is 9.32. The molecular formula is C10H16N2O4. The molecule has 0 unspecified atom stereocenters. The molecule has 1 heterocycles. The van der Waals surface area contributed by atoms with Crippen LogP contribution < -0.4 is 5.32 Å². The van der Waals surface area contributed by atoms with Crippen LogP contribution in [0.3, 0.4) is 0 Å². The van der Waals surface area contributed by atoms with Crippen molar-refractivity contribution < 1.29 is 19.1 Å². The van der Waals surface area contributed by atoms with E-state index in [9.17, 15) is 14.4 Å². The maximum Gasteiger partial charge on any atom is 0.320 e. The third kappa shape index (κ3) is 4.39. The van der Waals surface area contributed by atoms with Gasteiger partial charge in [0.1, 0.15) is 0 Å².